The summed E-state index contributed by atoms with van der Waals surface area (Å²) in [4.78, 5) is 17.7. The van der Waals surface area contributed by atoms with Gasteiger partial charge in [0.1, 0.15) is 5.69 Å². The lowest BCUT2D eigenvalue weighted by Gasteiger charge is -2.37. The number of rotatable bonds is 5. The summed E-state index contributed by atoms with van der Waals surface area (Å²) in [5.74, 6) is 1.36. The molecule has 1 fully saturated rings. The largest absolute Gasteiger partial charge is 0.463 e. The van der Waals surface area contributed by atoms with Crippen molar-refractivity contribution in [1.29, 1.82) is 0 Å². The van der Waals surface area contributed by atoms with Gasteiger partial charge in [0.15, 0.2) is 11.6 Å². The van der Waals surface area contributed by atoms with E-state index in [1.54, 1.807) is 6.26 Å². The third kappa shape index (κ3) is 4.12. The number of amides is 1. The van der Waals surface area contributed by atoms with Crippen LogP contribution in [-0.2, 0) is 4.79 Å². The number of nitrogens with zero attached hydrogens (tertiary/aromatic N) is 4. The van der Waals surface area contributed by atoms with Gasteiger partial charge in [0.2, 0.25) is 5.91 Å². The predicted molar refractivity (Wildman–Crippen MR) is 123 cm³/mol. The van der Waals surface area contributed by atoms with Gasteiger partial charge >= 0.3 is 0 Å². The number of anilines is 1. The molecule has 160 valence electrons. The Kier molecular flexibility index (Phi) is 5.66. The van der Waals surface area contributed by atoms with Gasteiger partial charge in [-0.25, -0.2) is 0 Å². The van der Waals surface area contributed by atoms with Gasteiger partial charge in [-0.05, 0) is 35.4 Å². The van der Waals surface area contributed by atoms with Crippen molar-refractivity contribution in [2.24, 2.45) is 0 Å². The summed E-state index contributed by atoms with van der Waals surface area (Å²) in [5.41, 5.74) is 2.75. The second-order valence-corrected chi connectivity index (χ2v) is 7.82. The number of benzene rings is 2. The summed E-state index contributed by atoms with van der Waals surface area (Å²) in [6, 6.07) is 27.6. The molecule has 0 atom stereocenters. The van der Waals surface area contributed by atoms with Gasteiger partial charge in [-0.2, -0.15) is 0 Å². The molecule has 1 aliphatic rings. The van der Waals surface area contributed by atoms with Gasteiger partial charge in [0, 0.05) is 26.2 Å². The van der Waals surface area contributed by atoms with Crippen LogP contribution in [0.25, 0.3) is 11.5 Å². The van der Waals surface area contributed by atoms with E-state index in [1.807, 2.05) is 89.8 Å². The maximum absolute atomic E-state index is 13.6. The zero-order chi connectivity index (χ0) is 21.8. The first-order valence-electron chi connectivity index (χ1n) is 10.8. The van der Waals surface area contributed by atoms with Crippen molar-refractivity contribution in [3.63, 3.8) is 0 Å². The minimum Gasteiger partial charge on any atom is -0.463 e. The van der Waals surface area contributed by atoms with Crippen LogP contribution in [0.2, 0.25) is 0 Å². The van der Waals surface area contributed by atoms with Crippen LogP contribution >= 0.6 is 0 Å². The summed E-state index contributed by atoms with van der Waals surface area (Å²) < 4.78 is 5.38. The molecule has 0 aliphatic carbocycles. The molecular formula is C26H24N4O2. The van der Waals surface area contributed by atoms with Crippen LogP contribution in [0.5, 0.6) is 0 Å². The summed E-state index contributed by atoms with van der Waals surface area (Å²) in [7, 11) is 0. The Morgan fingerprint density at radius 3 is 1.94 bits per heavy atom. The molecule has 6 nitrogen and oxygen atoms in total. The number of aromatic nitrogens is 2. The van der Waals surface area contributed by atoms with E-state index in [1.165, 1.54) is 0 Å². The molecule has 2 aromatic heterocycles. The standard InChI is InChI=1S/C26H24N4O2/c31-26(25(20-8-3-1-4-9-20)21-10-5-2-6-11-21)30-17-15-29(16-18-30)24-14-13-22(27-28-24)23-12-7-19-32-23/h1-14,19,25H,15-18H2. The molecule has 0 N–H and O–H groups in total. The van der Waals surface area contributed by atoms with E-state index < -0.39 is 0 Å². The van der Waals surface area contributed by atoms with Crippen molar-refractivity contribution in [1.82, 2.24) is 15.1 Å². The second-order valence-electron chi connectivity index (χ2n) is 7.82. The van der Waals surface area contributed by atoms with E-state index in [4.69, 9.17) is 4.42 Å². The summed E-state index contributed by atoms with van der Waals surface area (Å²) >= 11 is 0. The van der Waals surface area contributed by atoms with Crippen LogP contribution < -0.4 is 4.90 Å². The van der Waals surface area contributed by atoms with Crippen molar-refractivity contribution < 1.29 is 9.21 Å². The number of carbonyl (C=O) groups excluding carboxylic acids is 1. The number of hydrogen-bond donors (Lipinski definition) is 0. The Bertz CT molecular complexity index is 1100. The topological polar surface area (TPSA) is 62.5 Å². The molecular weight excluding hydrogens is 400 g/mol. The molecule has 3 heterocycles. The van der Waals surface area contributed by atoms with E-state index in [0.29, 0.717) is 24.5 Å². The predicted octanol–water partition coefficient (Wildman–Crippen LogP) is 4.22. The first kappa shape index (κ1) is 20.0. The van der Waals surface area contributed by atoms with Crippen LogP contribution in [0.4, 0.5) is 5.82 Å². The van der Waals surface area contributed by atoms with Gasteiger partial charge in [0.25, 0.3) is 0 Å². The fraction of sp³-hybridized carbons (Fsp3) is 0.192. The lowest BCUT2D eigenvalue weighted by molar-refractivity contribution is -0.132. The van der Waals surface area contributed by atoms with Crippen LogP contribution in [0, 0.1) is 0 Å². The average molecular weight is 425 g/mol. The Labute approximate surface area is 187 Å². The lowest BCUT2D eigenvalue weighted by Crippen LogP contribution is -2.50. The Hall–Kier alpha value is -3.93. The number of hydrogen-bond acceptors (Lipinski definition) is 5. The zero-order valence-electron chi connectivity index (χ0n) is 17.7. The number of furan rings is 1. The molecule has 0 spiro atoms. The number of piperazine rings is 1. The van der Waals surface area contributed by atoms with Crippen molar-refractivity contribution in [2.75, 3.05) is 31.1 Å². The minimum absolute atomic E-state index is 0.140. The molecule has 1 saturated heterocycles. The highest BCUT2D eigenvalue weighted by molar-refractivity contribution is 5.87. The molecule has 0 unspecified atom stereocenters. The first-order chi connectivity index (χ1) is 15.8. The van der Waals surface area contributed by atoms with Gasteiger partial charge in [-0.15, -0.1) is 10.2 Å². The van der Waals surface area contributed by atoms with Gasteiger partial charge in [0.05, 0.1) is 12.2 Å². The van der Waals surface area contributed by atoms with E-state index in [0.717, 1.165) is 30.0 Å². The molecule has 5 rings (SSSR count). The quantitative estimate of drug-likeness (QED) is 0.480. The van der Waals surface area contributed by atoms with Gasteiger partial charge < -0.3 is 14.2 Å². The first-order valence-corrected chi connectivity index (χ1v) is 10.8. The maximum atomic E-state index is 13.6. The van der Waals surface area contributed by atoms with Crippen molar-refractivity contribution in [3.05, 3.63) is 102 Å². The monoisotopic (exact) mass is 424 g/mol. The molecule has 0 saturated carbocycles. The van der Waals surface area contributed by atoms with E-state index in [2.05, 4.69) is 15.1 Å². The van der Waals surface area contributed by atoms with Crippen LogP contribution in [-0.4, -0.2) is 47.2 Å². The fourth-order valence-corrected chi connectivity index (χ4v) is 4.16. The molecule has 0 bridgehead atoms. The van der Waals surface area contributed by atoms with Gasteiger partial charge in [-0.3, -0.25) is 4.79 Å². The minimum atomic E-state index is -0.295. The molecule has 6 heteroatoms. The van der Waals surface area contributed by atoms with Crippen molar-refractivity contribution in [3.8, 4) is 11.5 Å². The Morgan fingerprint density at radius 2 is 1.41 bits per heavy atom. The SMILES string of the molecule is O=C(C(c1ccccc1)c1ccccc1)N1CCN(c2ccc(-c3ccco3)nn2)CC1. The van der Waals surface area contributed by atoms with Crippen LogP contribution in [0.3, 0.4) is 0 Å². The maximum Gasteiger partial charge on any atom is 0.234 e. The molecule has 0 radical (unpaired) electrons. The lowest BCUT2D eigenvalue weighted by atomic mass is 9.90. The average Bonchev–Trinajstić information content (AvgIpc) is 3.41. The second kappa shape index (κ2) is 9.06. The van der Waals surface area contributed by atoms with Crippen LogP contribution in [0.1, 0.15) is 17.0 Å². The normalized spacial score (nSPS) is 14.0. The number of carbonyl (C=O) groups is 1. The van der Waals surface area contributed by atoms with Gasteiger partial charge in [-0.1, -0.05) is 60.7 Å². The Morgan fingerprint density at radius 1 is 0.750 bits per heavy atom. The van der Waals surface area contributed by atoms with E-state index in [-0.39, 0.29) is 11.8 Å². The fourth-order valence-electron chi connectivity index (χ4n) is 4.16. The molecule has 2 aromatic carbocycles. The smallest absolute Gasteiger partial charge is 0.234 e. The Balaban J connectivity index is 1.29. The zero-order valence-corrected chi connectivity index (χ0v) is 17.7. The summed E-state index contributed by atoms with van der Waals surface area (Å²) in [6.45, 7) is 2.74. The molecule has 32 heavy (non-hydrogen) atoms. The van der Waals surface area contributed by atoms with E-state index >= 15 is 0 Å². The molecule has 1 amide bonds. The highest BCUT2D eigenvalue weighted by Crippen LogP contribution is 2.28. The molecule has 4 aromatic rings. The van der Waals surface area contributed by atoms with Crippen LogP contribution in [0.15, 0.2) is 95.6 Å². The molecule has 1 aliphatic heterocycles. The summed E-state index contributed by atoms with van der Waals surface area (Å²) in [5, 5.41) is 8.66. The summed E-state index contributed by atoms with van der Waals surface area (Å²) in [6.07, 6.45) is 1.62. The highest BCUT2D eigenvalue weighted by Gasteiger charge is 2.30. The third-order valence-corrected chi connectivity index (χ3v) is 5.85. The highest BCUT2D eigenvalue weighted by atomic mass is 16.3. The van der Waals surface area contributed by atoms with E-state index in [9.17, 15) is 4.79 Å². The van der Waals surface area contributed by atoms with Crippen molar-refractivity contribution in [2.45, 2.75) is 5.92 Å². The van der Waals surface area contributed by atoms with Crippen molar-refractivity contribution >= 4 is 11.7 Å². The third-order valence-electron chi connectivity index (χ3n) is 5.85.